The molecule has 4 heterocycles. The third kappa shape index (κ3) is 5.90. The lowest BCUT2D eigenvalue weighted by Gasteiger charge is -2.36. The van der Waals surface area contributed by atoms with Crippen molar-refractivity contribution in [3.63, 3.8) is 0 Å². The molecule has 2 fully saturated rings. The number of unbranched alkanes of at least 4 members (excludes halogenated alkanes) is 1. The highest BCUT2D eigenvalue weighted by Gasteiger charge is 2.39. The number of carbonyl (C=O) groups excluding carboxylic acids is 2. The van der Waals surface area contributed by atoms with Crippen LogP contribution in [0.3, 0.4) is 0 Å². The summed E-state index contributed by atoms with van der Waals surface area (Å²) in [5.74, 6) is -0.510. The fraction of sp³-hybridized carbons (Fsp3) is 0.607. The molecule has 1 aromatic carbocycles. The average molecular weight is 559 g/mol. The molecule has 1 amide bonds. The van der Waals surface area contributed by atoms with E-state index in [0.29, 0.717) is 57.8 Å². The largest absolute Gasteiger partial charge is 0.462 e. The number of sulfonamides is 1. The zero-order chi connectivity index (χ0) is 27.5. The molecule has 0 aliphatic carbocycles. The Labute approximate surface area is 230 Å². The van der Waals surface area contributed by atoms with Crippen LogP contribution in [0.4, 0.5) is 0 Å². The summed E-state index contributed by atoms with van der Waals surface area (Å²) in [6, 6.07) is 5.96. The number of aromatic nitrogens is 2. The third-order valence-corrected chi connectivity index (χ3v) is 10.1. The molecule has 0 unspecified atom stereocenters. The van der Waals surface area contributed by atoms with E-state index in [9.17, 15) is 18.0 Å². The normalized spacial score (nSPS) is 19.5. The number of hydrogen-bond acceptors (Lipinski definition) is 7. The molecule has 3 aliphatic heterocycles. The minimum Gasteiger partial charge on any atom is -0.462 e. The van der Waals surface area contributed by atoms with E-state index >= 15 is 0 Å². The topological polar surface area (TPSA) is 120 Å². The van der Waals surface area contributed by atoms with Gasteiger partial charge in [-0.15, -0.1) is 0 Å². The number of benzene rings is 1. The quantitative estimate of drug-likeness (QED) is 0.371. The van der Waals surface area contributed by atoms with E-state index in [4.69, 9.17) is 14.6 Å². The van der Waals surface area contributed by atoms with E-state index in [2.05, 4.69) is 5.32 Å². The number of hydrogen-bond donors (Lipinski definition) is 1. The highest BCUT2D eigenvalue weighted by molar-refractivity contribution is 7.89. The molecule has 39 heavy (non-hydrogen) atoms. The van der Waals surface area contributed by atoms with Gasteiger partial charge in [0.25, 0.3) is 5.91 Å². The Morgan fingerprint density at radius 3 is 2.54 bits per heavy atom. The Balaban J connectivity index is 1.16. The van der Waals surface area contributed by atoms with Gasteiger partial charge < -0.3 is 14.8 Å². The lowest BCUT2D eigenvalue weighted by molar-refractivity contribution is 0.0152. The van der Waals surface area contributed by atoms with E-state index in [-0.39, 0.29) is 22.8 Å². The van der Waals surface area contributed by atoms with Gasteiger partial charge in [0.15, 0.2) is 0 Å². The summed E-state index contributed by atoms with van der Waals surface area (Å²) in [6.07, 6.45) is 6.46. The molecule has 0 radical (unpaired) electrons. The maximum atomic E-state index is 13.0. The van der Waals surface area contributed by atoms with Crippen molar-refractivity contribution in [2.24, 2.45) is 5.41 Å². The summed E-state index contributed by atoms with van der Waals surface area (Å²) >= 11 is 0. The molecular formula is C28H38N4O6S. The Hall–Kier alpha value is -2.76. The first-order valence-electron chi connectivity index (χ1n) is 14.0. The van der Waals surface area contributed by atoms with Gasteiger partial charge in [-0.25, -0.2) is 13.2 Å². The molecule has 1 spiro atoms. The number of amides is 1. The number of carbonyl (C=O) groups is 2. The van der Waals surface area contributed by atoms with E-state index in [0.717, 1.165) is 55.5 Å². The van der Waals surface area contributed by atoms with Gasteiger partial charge >= 0.3 is 5.97 Å². The van der Waals surface area contributed by atoms with Gasteiger partial charge in [0.1, 0.15) is 0 Å². The molecule has 0 atom stereocenters. The van der Waals surface area contributed by atoms with Crippen LogP contribution in [-0.4, -0.2) is 73.8 Å². The van der Waals surface area contributed by atoms with Crippen molar-refractivity contribution in [3.05, 3.63) is 46.8 Å². The van der Waals surface area contributed by atoms with Crippen LogP contribution >= 0.6 is 0 Å². The van der Waals surface area contributed by atoms with Gasteiger partial charge in [-0.05, 0) is 81.0 Å². The summed E-state index contributed by atoms with van der Waals surface area (Å²) in [6.45, 7) is 6.07. The first kappa shape index (κ1) is 27.8. The first-order valence-corrected chi connectivity index (χ1v) is 15.5. The van der Waals surface area contributed by atoms with Gasteiger partial charge in [0.05, 0.1) is 34.0 Å². The fourth-order valence-corrected chi connectivity index (χ4v) is 7.33. The van der Waals surface area contributed by atoms with Crippen LogP contribution in [0.5, 0.6) is 0 Å². The zero-order valence-corrected chi connectivity index (χ0v) is 23.4. The molecule has 2 aromatic rings. The van der Waals surface area contributed by atoms with E-state index in [1.165, 1.54) is 28.6 Å². The van der Waals surface area contributed by atoms with Crippen LogP contribution in [0.15, 0.2) is 29.2 Å². The van der Waals surface area contributed by atoms with Crippen LogP contribution < -0.4 is 5.32 Å². The van der Waals surface area contributed by atoms with Crippen LogP contribution in [0.25, 0.3) is 0 Å². The molecule has 11 heteroatoms. The molecule has 0 bridgehead atoms. The summed E-state index contributed by atoms with van der Waals surface area (Å²) < 4.78 is 39.9. The van der Waals surface area contributed by atoms with E-state index in [1.54, 1.807) is 0 Å². The van der Waals surface area contributed by atoms with Crippen molar-refractivity contribution in [2.75, 3.05) is 39.5 Å². The highest BCUT2D eigenvalue weighted by Crippen LogP contribution is 2.37. The van der Waals surface area contributed by atoms with Gasteiger partial charge in [-0.2, -0.15) is 9.40 Å². The van der Waals surface area contributed by atoms with Gasteiger partial charge in [0.2, 0.25) is 10.0 Å². The minimum absolute atomic E-state index is 0.000836. The van der Waals surface area contributed by atoms with E-state index in [1.807, 2.05) is 11.6 Å². The summed E-state index contributed by atoms with van der Waals surface area (Å²) in [4.78, 5) is 25.7. The second-order valence-corrected chi connectivity index (χ2v) is 12.7. The Morgan fingerprint density at radius 1 is 1.13 bits per heavy atom. The molecule has 10 nitrogen and oxygen atoms in total. The van der Waals surface area contributed by atoms with Crippen LogP contribution in [0.2, 0.25) is 0 Å². The standard InChI is InChI=1S/C28H38N4O6S/c1-2-23-25-24(19-28(20-29-26(25)33)11-17-37-18-12-28)32(30-23)15-5-6-16-38-27(34)21-7-9-22(10-8-21)39(35,36)31-13-3-4-14-31/h7-10H,2-6,11-20H2,1H3,(H,29,33). The molecule has 1 aromatic heterocycles. The second kappa shape index (κ2) is 11.8. The lowest BCUT2D eigenvalue weighted by Crippen LogP contribution is -2.40. The van der Waals surface area contributed by atoms with Crippen molar-refractivity contribution in [1.29, 1.82) is 0 Å². The molecule has 1 N–H and O–H groups in total. The number of esters is 1. The van der Waals surface area contributed by atoms with Crippen molar-refractivity contribution < 1.29 is 27.5 Å². The fourth-order valence-electron chi connectivity index (χ4n) is 5.81. The highest BCUT2D eigenvalue weighted by atomic mass is 32.2. The molecule has 5 rings (SSSR count). The van der Waals surface area contributed by atoms with Crippen molar-refractivity contribution in [3.8, 4) is 0 Å². The Bertz CT molecular complexity index is 1290. The molecule has 212 valence electrons. The first-order chi connectivity index (χ1) is 18.8. The number of ether oxygens (including phenoxy) is 2. The minimum atomic E-state index is -3.51. The van der Waals surface area contributed by atoms with Crippen molar-refractivity contribution >= 4 is 21.9 Å². The predicted molar refractivity (Wildman–Crippen MR) is 144 cm³/mol. The van der Waals surface area contributed by atoms with Gasteiger partial charge in [-0.1, -0.05) is 6.92 Å². The summed E-state index contributed by atoms with van der Waals surface area (Å²) in [5, 5.41) is 7.92. The number of fused-ring (bicyclic) bond motifs is 1. The lowest BCUT2D eigenvalue weighted by atomic mass is 9.76. The molecule has 2 saturated heterocycles. The Morgan fingerprint density at radius 2 is 1.85 bits per heavy atom. The SMILES string of the molecule is CCc1nn(CCCCOC(=O)c2ccc(S(=O)(=O)N3CCCC3)cc2)c2c1C(=O)NCC1(CCOCC1)C2. The van der Waals surface area contributed by atoms with Crippen molar-refractivity contribution in [2.45, 2.75) is 69.7 Å². The van der Waals surface area contributed by atoms with Crippen LogP contribution in [-0.2, 0) is 38.9 Å². The van der Waals surface area contributed by atoms with E-state index < -0.39 is 16.0 Å². The van der Waals surface area contributed by atoms with Gasteiger partial charge in [0, 0.05) is 39.4 Å². The monoisotopic (exact) mass is 558 g/mol. The maximum Gasteiger partial charge on any atom is 0.338 e. The summed E-state index contributed by atoms with van der Waals surface area (Å²) in [7, 11) is -3.51. The number of rotatable bonds is 9. The second-order valence-electron chi connectivity index (χ2n) is 10.8. The number of nitrogens with one attached hydrogen (secondary N) is 1. The Kier molecular flexibility index (Phi) is 8.39. The molecule has 3 aliphatic rings. The maximum absolute atomic E-state index is 13.0. The zero-order valence-electron chi connectivity index (χ0n) is 22.6. The van der Waals surface area contributed by atoms with Gasteiger partial charge in [-0.3, -0.25) is 9.48 Å². The van der Waals surface area contributed by atoms with Crippen molar-refractivity contribution in [1.82, 2.24) is 19.4 Å². The molecule has 0 saturated carbocycles. The predicted octanol–water partition coefficient (Wildman–Crippen LogP) is 2.95. The smallest absolute Gasteiger partial charge is 0.338 e. The summed E-state index contributed by atoms with van der Waals surface area (Å²) in [5.41, 5.74) is 2.88. The number of nitrogens with zero attached hydrogens (tertiary/aromatic N) is 3. The number of aryl methyl sites for hydroxylation is 2. The van der Waals surface area contributed by atoms with Crippen LogP contribution in [0, 0.1) is 5.41 Å². The molecular weight excluding hydrogens is 520 g/mol. The third-order valence-electron chi connectivity index (χ3n) is 8.20. The van der Waals surface area contributed by atoms with Crippen LogP contribution in [0.1, 0.15) is 77.6 Å². The average Bonchev–Trinajstić information content (AvgIpc) is 3.59.